The van der Waals surface area contributed by atoms with E-state index in [0.717, 1.165) is 38.0 Å². The van der Waals surface area contributed by atoms with Crippen molar-refractivity contribution in [3.05, 3.63) is 82.4 Å². The maximum absolute atomic E-state index is 13.3. The summed E-state index contributed by atoms with van der Waals surface area (Å²) in [5, 5.41) is 2.84. The number of amides is 2. The highest BCUT2D eigenvalue weighted by atomic mass is 32.1. The van der Waals surface area contributed by atoms with E-state index < -0.39 is 0 Å². The van der Waals surface area contributed by atoms with Crippen molar-refractivity contribution in [2.75, 3.05) is 24.1 Å². The number of hydrogen-bond donors (Lipinski definition) is 3. The van der Waals surface area contributed by atoms with Crippen molar-refractivity contribution in [1.82, 2.24) is 19.4 Å². The highest BCUT2D eigenvalue weighted by molar-refractivity contribution is 7.12. The molecule has 0 saturated carbocycles. The Hall–Kier alpha value is -4.18. The summed E-state index contributed by atoms with van der Waals surface area (Å²) in [6.07, 6.45) is 4.52. The van der Waals surface area contributed by atoms with E-state index in [9.17, 15) is 9.59 Å². The zero-order valence-electron chi connectivity index (χ0n) is 19.0. The standard InChI is InChI=1S/C25H25N7O2S/c26-21-20(24(34)31-14-8-3-9-15-31)35-25(32(21)18-12-6-2-7-13-18)30-22-19(27-16-28-22)23(33)29-17-10-4-1-5-11-17/h1-2,4-7,10-13,16H,3,8-9,14-15,26H2,(H,27,28)(H,29,33). The molecule has 35 heavy (non-hydrogen) atoms. The van der Waals surface area contributed by atoms with Crippen molar-refractivity contribution in [1.29, 1.82) is 0 Å². The van der Waals surface area contributed by atoms with Gasteiger partial charge in [0, 0.05) is 24.5 Å². The van der Waals surface area contributed by atoms with Gasteiger partial charge in [-0.3, -0.25) is 14.2 Å². The number of hydrogen-bond acceptors (Lipinski definition) is 6. The molecule has 0 bridgehead atoms. The van der Waals surface area contributed by atoms with Crippen LogP contribution in [0.5, 0.6) is 0 Å². The van der Waals surface area contributed by atoms with Crippen LogP contribution in [0.3, 0.4) is 0 Å². The number of rotatable bonds is 5. The van der Waals surface area contributed by atoms with E-state index >= 15 is 0 Å². The van der Waals surface area contributed by atoms with Crippen molar-refractivity contribution in [3.8, 4) is 5.69 Å². The van der Waals surface area contributed by atoms with Gasteiger partial charge in [0.2, 0.25) is 0 Å². The maximum atomic E-state index is 13.3. The van der Waals surface area contributed by atoms with Crippen LogP contribution >= 0.6 is 11.3 Å². The molecule has 2 amide bonds. The molecule has 4 N–H and O–H groups in total. The predicted molar refractivity (Wildman–Crippen MR) is 136 cm³/mol. The van der Waals surface area contributed by atoms with E-state index in [1.807, 2.05) is 53.4 Å². The fraction of sp³-hybridized carbons (Fsp3) is 0.200. The number of benzene rings is 2. The average Bonchev–Trinajstić information content (AvgIpc) is 3.49. The highest BCUT2D eigenvalue weighted by Crippen LogP contribution is 2.25. The van der Waals surface area contributed by atoms with Crippen LogP contribution in [0.25, 0.3) is 5.69 Å². The number of imidazole rings is 1. The molecule has 0 radical (unpaired) electrons. The van der Waals surface area contributed by atoms with Gasteiger partial charge in [0.1, 0.15) is 10.7 Å². The summed E-state index contributed by atoms with van der Waals surface area (Å²) in [7, 11) is 0. The monoisotopic (exact) mass is 487 g/mol. The molecule has 178 valence electrons. The predicted octanol–water partition coefficient (Wildman–Crippen LogP) is 3.95. The van der Waals surface area contributed by atoms with E-state index in [1.54, 1.807) is 16.7 Å². The van der Waals surface area contributed by atoms with Gasteiger partial charge in [-0.25, -0.2) is 4.98 Å². The summed E-state index contributed by atoms with van der Waals surface area (Å²) < 4.78 is 1.73. The van der Waals surface area contributed by atoms with Crippen molar-refractivity contribution < 1.29 is 9.59 Å². The molecule has 5 rings (SSSR count). The molecular weight excluding hydrogens is 462 g/mol. The Morgan fingerprint density at radius 1 is 1.00 bits per heavy atom. The lowest BCUT2D eigenvalue weighted by atomic mass is 10.1. The zero-order valence-corrected chi connectivity index (χ0v) is 19.8. The van der Waals surface area contributed by atoms with Gasteiger partial charge in [-0.2, -0.15) is 4.99 Å². The first-order chi connectivity index (χ1) is 17.1. The number of nitrogen functional groups attached to an aromatic ring is 1. The summed E-state index contributed by atoms with van der Waals surface area (Å²) in [6, 6.07) is 18.6. The minimum absolute atomic E-state index is 0.0950. The third kappa shape index (κ3) is 4.73. The quantitative estimate of drug-likeness (QED) is 0.394. The SMILES string of the molecule is Nc1c(C(=O)N2CCCCC2)sc(=Nc2nc[nH]c2C(=O)Nc2ccccc2)n1-c1ccccc1. The Morgan fingerprint density at radius 2 is 1.69 bits per heavy atom. The molecule has 9 nitrogen and oxygen atoms in total. The lowest BCUT2D eigenvalue weighted by molar-refractivity contribution is 0.0729. The number of nitrogens with one attached hydrogen (secondary N) is 2. The molecule has 1 saturated heterocycles. The molecule has 0 aliphatic carbocycles. The number of H-pyrrole nitrogens is 1. The van der Waals surface area contributed by atoms with Gasteiger partial charge in [-0.05, 0) is 43.5 Å². The first kappa shape index (κ1) is 22.6. The Kier molecular flexibility index (Phi) is 6.44. The van der Waals surface area contributed by atoms with Crippen LogP contribution in [0.2, 0.25) is 0 Å². The molecule has 2 aromatic carbocycles. The Bertz CT molecular complexity index is 1400. The minimum atomic E-state index is -0.368. The van der Waals surface area contributed by atoms with Crippen LogP contribution in [0.1, 0.15) is 39.4 Å². The first-order valence-corrected chi connectivity index (χ1v) is 12.2. The number of carbonyl (C=O) groups excluding carboxylic acids is 2. The van der Waals surface area contributed by atoms with E-state index in [-0.39, 0.29) is 23.3 Å². The van der Waals surface area contributed by atoms with Crippen molar-refractivity contribution in [2.24, 2.45) is 4.99 Å². The van der Waals surface area contributed by atoms with Gasteiger partial charge < -0.3 is 20.9 Å². The highest BCUT2D eigenvalue weighted by Gasteiger charge is 2.25. The molecule has 1 aliphatic rings. The first-order valence-electron chi connectivity index (χ1n) is 11.4. The van der Waals surface area contributed by atoms with Crippen molar-refractivity contribution >= 4 is 40.5 Å². The largest absolute Gasteiger partial charge is 0.383 e. The third-order valence-electron chi connectivity index (χ3n) is 5.79. The number of nitrogens with zero attached hydrogens (tertiary/aromatic N) is 4. The average molecular weight is 488 g/mol. The van der Waals surface area contributed by atoms with Gasteiger partial charge in [-0.15, -0.1) is 0 Å². The summed E-state index contributed by atoms with van der Waals surface area (Å²) in [5.41, 5.74) is 8.17. The van der Waals surface area contributed by atoms with Crippen molar-refractivity contribution in [3.63, 3.8) is 0 Å². The molecule has 0 spiro atoms. The van der Waals surface area contributed by atoms with E-state index in [0.29, 0.717) is 21.2 Å². The van der Waals surface area contributed by atoms with Crippen LogP contribution in [0.4, 0.5) is 17.3 Å². The number of para-hydroxylation sites is 2. The Balaban J connectivity index is 1.57. The molecule has 3 heterocycles. The molecule has 0 atom stereocenters. The Morgan fingerprint density at radius 3 is 2.40 bits per heavy atom. The molecule has 1 fully saturated rings. The number of anilines is 2. The van der Waals surface area contributed by atoms with Gasteiger partial charge in [0.25, 0.3) is 11.8 Å². The summed E-state index contributed by atoms with van der Waals surface area (Å²) in [5.74, 6) is 0.0675. The second-order valence-corrected chi connectivity index (χ2v) is 9.13. The minimum Gasteiger partial charge on any atom is -0.383 e. The van der Waals surface area contributed by atoms with Crippen LogP contribution in [-0.2, 0) is 0 Å². The smallest absolute Gasteiger partial charge is 0.276 e. The maximum Gasteiger partial charge on any atom is 0.276 e. The van der Waals surface area contributed by atoms with E-state index in [1.165, 1.54) is 17.7 Å². The summed E-state index contributed by atoms with van der Waals surface area (Å²) >= 11 is 1.20. The van der Waals surface area contributed by atoms with E-state index in [4.69, 9.17) is 5.73 Å². The normalized spacial score (nSPS) is 14.2. The number of carbonyl (C=O) groups is 2. The lowest BCUT2D eigenvalue weighted by Crippen LogP contribution is -2.35. The number of nitrogens with two attached hydrogens (primary N) is 1. The molecule has 0 unspecified atom stereocenters. The lowest BCUT2D eigenvalue weighted by Gasteiger charge is -2.26. The van der Waals surface area contributed by atoms with Crippen LogP contribution in [-0.4, -0.2) is 44.3 Å². The summed E-state index contributed by atoms with van der Waals surface area (Å²) in [6.45, 7) is 1.44. The van der Waals surface area contributed by atoms with Gasteiger partial charge in [-0.1, -0.05) is 47.7 Å². The number of likely N-dealkylation sites (tertiary alicyclic amines) is 1. The second kappa shape index (κ2) is 9.98. The number of aromatic amines is 1. The number of thiazole rings is 1. The van der Waals surface area contributed by atoms with Crippen LogP contribution in [0, 0.1) is 0 Å². The Labute approximate surface area is 206 Å². The third-order valence-corrected chi connectivity index (χ3v) is 6.83. The van der Waals surface area contributed by atoms with Gasteiger partial charge in [0.05, 0.1) is 6.33 Å². The topological polar surface area (TPSA) is 121 Å². The van der Waals surface area contributed by atoms with Crippen LogP contribution in [0.15, 0.2) is 72.0 Å². The number of piperidine rings is 1. The zero-order chi connectivity index (χ0) is 24.2. The number of aromatic nitrogens is 3. The fourth-order valence-corrected chi connectivity index (χ4v) is 5.05. The van der Waals surface area contributed by atoms with E-state index in [2.05, 4.69) is 20.3 Å². The molecule has 1 aliphatic heterocycles. The molecule has 4 aromatic rings. The summed E-state index contributed by atoms with van der Waals surface area (Å²) in [4.78, 5) is 40.7. The van der Waals surface area contributed by atoms with Crippen molar-refractivity contribution in [2.45, 2.75) is 19.3 Å². The second-order valence-electron chi connectivity index (χ2n) is 8.16. The van der Waals surface area contributed by atoms with Gasteiger partial charge >= 0.3 is 0 Å². The van der Waals surface area contributed by atoms with Crippen LogP contribution < -0.4 is 15.9 Å². The molecular formula is C25H25N7O2S. The fourth-order valence-electron chi connectivity index (χ4n) is 4.03. The molecule has 2 aromatic heterocycles. The molecule has 10 heteroatoms. The van der Waals surface area contributed by atoms with Gasteiger partial charge in [0.15, 0.2) is 16.3 Å².